The molecule has 0 heterocycles. The van der Waals surface area contributed by atoms with Crippen LogP contribution in [0.1, 0.15) is 28.4 Å². The minimum Gasteiger partial charge on any atom is -0.398 e. The van der Waals surface area contributed by atoms with Crippen LogP contribution in [0.3, 0.4) is 0 Å². The maximum atomic E-state index is 13.3. The molecule has 0 radical (unpaired) electrons. The number of rotatable bonds is 3. The second-order valence-corrected chi connectivity index (χ2v) is 4.77. The third kappa shape index (κ3) is 3.02. The highest BCUT2D eigenvalue weighted by atomic mass is 19.2. The van der Waals surface area contributed by atoms with E-state index in [1.165, 1.54) is 0 Å². The summed E-state index contributed by atoms with van der Waals surface area (Å²) in [6.07, 6.45) is 0.741. The summed E-state index contributed by atoms with van der Waals surface area (Å²) in [4.78, 5) is 12.2. The molecular weight excluding hydrogens is 274 g/mol. The van der Waals surface area contributed by atoms with Gasteiger partial charge >= 0.3 is 0 Å². The molecule has 5 heteroatoms. The first-order valence-electron chi connectivity index (χ1n) is 6.58. The van der Waals surface area contributed by atoms with Crippen molar-refractivity contribution in [1.82, 2.24) is 0 Å². The van der Waals surface area contributed by atoms with E-state index in [2.05, 4.69) is 5.32 Å². The van der Waals surface area contributed by atoms with Gasteiger partial charge in [0.2, 0.25) is 0 Å². The summed E-state index contributed by atoms with van der Waals surface area (Å²) in [6.45, 7) is 3.83. The van der Waals surface area contributed by atoms with Crippen LogP contribution in [0.15, 0.2) is 30.3 Å². The van der Waals surface area contributed by atoms with Crippen molar-refractivity contribution in [1.29, 1.82) is 0 Å². The van der Waals surface area contributed by atoms with Crippen LogP contribution in [0.25, 0.3) is 0 Å². The second-order valence-electron chi connectivity index (χ2n) is 4.77. The molecule has 0 atom stereocenters. The summed E-state index contributed by atoms with van der Waals surface area (Å²) in [5.41, 5.74) is 7.93. The Bertz CT molecular complexity index is 699. The lowest BCUT2D eigenvalue weighted by Crippen LogP contribution is -2.16. The molecule has 0 aromatic heterocycles. The summed E-state index contributed by atoms with van der Waals surface area (Å²) in [6, 6.07) is 7.28. The van der Waals surface area contributed by atoms with Gasteiger partial charge in [-0.15, -0.1) is 0 Å². The van der Waals surface area contributed by atoms with Gasteiger partial charge < -0.3 is 11.1 Å². The molecule has 0 fully saturated rings. The van der Waals surface area contributed by atoms with Gasteiger partial charge in [-0.05, 0) is 30.5 Å². The Balaban J connectivity index is 2.37. The molecule has 2 rings (SSSR count). The number of hydrogen-bond donors (Lipinski definition) is 2. The Labute approximate surface area is 121 Å². The molecule has 0 unspecified atom stereocenters. The van der Waals surface area contributed by atoms with Crippen LogP contribution in [0.2, 0.25) is 0 Å². The van der Waals surface area contributed by atoms with E-state index in [1.807, 2.05) is 32.0 Å². The molecule has 0 aliphatic carbocycles. The molecule has 21 heavy (non-hydrogen) atoms. The van der Waals surface area contributed by atoms with Crippen molar-refractivity contribution in [2.75, 3.05) is 11.1 Å². The van der Waals surface area contributed by atoms with Gasteiger partial charge in [0.25, 0.3) is 5.91 Å². The Kier molecular flexibility index (Phi) is 4.21. The average Bonchev–Trinajstić information content (AvgIpc) is 2.44. The first kappa shape index (κ1) is 15.0. The number of amides is 1. The van der Waals surface area contributed by atoms with Crippen molar-refractivity contribution in [2.45, 2.75) is 20.3 Å². The van der Waals surface area contributed by atoms with E-state index < -0.39 is 17.5 Å². The molecule has 0 saturated heterocycles. The number of carbonyl (C=O) groups excluding carboxylic acids is 1. The average molecular weight is 290 g/mol. The van der Waals surface area contributed by atoms with Crippen molar-refractivity contribution in [3.8, 4) is 0 Å². The van der Waals surface area contributed by atoms with Crippen LogP contribution in [0.4, 0.5) is 20.2 Å². The van der Waals surface area contributed by atoms with Crippen LogP contribution >= 0.6 is 0 Å². The Hall–Kier alpha value is -2.43. The van der Waals surface area contributed by atoms with Crippen molar-refractivity contribution >= 4 is 17.3 Å². The van der Waals surface area contributed by atoms with Crippen LogP contribution in [-0.2, 0) is 6.42 Å². The van der Waals surface area contributed by atoms with E-state index in [-0.39, 0.29) is 11.3 Å². The molecule has 110 valence electrons. The number of nitrogens with two attached hydrogens (primary N) is 1. The van der Waals surface area contributed by atoms with Crippen LogP contribution in [0, 0.1) is 18.6 Å². The quantitative estimate of drug-likeness (QED) is 0.847. The third-order valence-electron chi connectivity index (χ3n) is 3.32. The molecule has 0 saturated carbocycles. The van der Waals surface area contributed by atoms with Gasteiger partial charge in [-0.25, -0.2) is 8.78 Å². The molecule has 3 nitrogen and oxygen atoms in total. The molecule has 0 spiro atoms. The number of benzene rings is 2. The lowest BCUT2D eigenvalue weighted by molar-refractivity contribution is 0.102. The fourth-order valence-electron chi connectivity index (χ4n) is 2.14. The second kappa shape index (κ2) is 5.91. The maximum Gasteiger partial charge on any atom is 0.257 e. The van der Waals surface area contributed by atoms with Crippen molar-refractivity contribution < 1.29 is 13.6 Å². The monoisotopic (exact) mass is 290 g/mol. The highest BCUT2D eigenvalue weighted by Crippen LogP contribution is 2.24. The van der Waals surface area contributed by atoms with Gasteiger partial charge in [-0.3, -0.25) is 4.79 Å². The summed E-state index contributed by atoms with van der Waals surface area (Å²) < 4.78 is 26.3. The van der Waals surface area contributed by atoms with Gasteiger partial charge in [0.05, 0.1) is 5.56 Å². The predicted molar refractivity (Wildman–Crippen MR) is 79.3 cm³/mol. The first-order chi connectivity index (χ1) is 9.93. The first-order valence-corrected chi connectivity index (χ1v) is 6.58. The number of anilines is 2. The Morgan fingerprint density at radius 2 is 1.90 bits per heavy atom. The molecule has 3 N–H and O–H groups in total. The molecule has 0 aliphatic heterocycles. The van der Waals surface area contributed by atoms with Gasteiger partial charge in [0.1, 0.15) is 0 Å². The molecule has 1 amide bonds. The topological polar surface area (TPSA) is 55.1 Å². The van der Waals surface area contributed by atoms with Crippen LogP contribution < -0.4 is 11.1 Å². The standard InChI is InChI=1S/C16H16F2N2O/c1-3-10-6-4-5-9(2)15(10)20-16(21)11-7-12(17)13(18)8-14(11)19/h4-8H,3,19H2,1-2H3,(H,20,21). The van der Waals surface area contributed by atoms with Crippen molar-refractivity contribution in [2.24, 2.45) is 0 Å². The number of nitrogen functional groups attached to an aromatic ring is 1. The number of carbonyl (C=O) groups is 1. The number of para-hydroxylation sites is 1. The molecule has 2 aromatic rings. The zero-order chi connectivity index (χ0) is 15.6. The Morgan fingerprint density at radius 1 is 1.24 bits per heavy atom. The zero-order valence-electron chi connectivity index (χ0n) is 11.8. The van der Waals surface area contributed by atoms with E-state index in [9.17, 15) is 13.6 Å². The van der Waals surface area contributed by atoms with E-state index in [4.69, 9.17) is 5.73 Å². The SMILES string of the molecule is CCc1cccc(C)c1NC(=O)c1cc(F)c(F)cc1N. The maximum absolute atomic E-state index is 13.3. The fraction of sp³-hybridized carbons (Fsp3) is 0.188. The smallest absolute Gasteiger partial charge is 0.257 e. The summed E-state index contributed by atoms with van der Waals surface area (Å²) in [5, 5.41) is 2.73. The Morgan fingerprint density at radius 3 is 2.57 bits per heavy atom. The third-order valence-corrected chi connectivity index (χ3v) is 3.32. The lowest BCUT2D eigenvalue weighted by Gasteiger charge is -2.14. The number of nitrogens with one attached hydrogen (secondary N) is 1. The summed E-state index contributed by atoms with van der Waals surface area (Å²) in [7, 11) is 0. The zero-order valence-corrected chi connectivity index (χ0v) is 11.8. The van der Waals surface area contributed by atoms with Crippen LogP contribution in [-0.4, -0.2) is 5.91 Å². The predicted octanol–water partition coefficient (Wildman–Crippen LogP) is 3.67. The summed E-state index contributed by atoms with van der Waals surface area (Å²) in [5.74, 6) is -2.74. The highest BCUT2D eigenvalue weighted by Gasteiger charge is 2.16. The minimum atomic E-state index is -1.10. The molecule has 0 aliphatic rings. The van der Waals surface area contributed by atoms with E-state index in [0.29, 0.717) is 5.69 Å². The number of hydrogen-bond acceptors (Lipinski definition) is 2. The van der Waals surface area contributed by atoms with E-state index in [0.717, 1.165) is 29.7 Å². The number of halogens is 2. The van der Waals surface area contributed by atoms with Gasteiger partial charge in [0.15, 0.2) is 11.6 Å². The highest BCUT2D eigenvalue weighted by molar-refractivity contribution is 6.08. The van der Waals surface area contributed by atoms with Gasteiger partial charge in [-0.2, -0.15) is 0 Å². The lowest BCUT2D eigenvalue weighted by atomic mass is 10.0. The van der Waals surface area contributed by atoms with Crippen LogP contribution in [0.5, 0.6) is 0 Å². The molecule has 2 aromatic carbocycles. The summed E-state index contributed by atoms with van der Waals surface area (Å²) >= 11 is 0. The van der Waals surface area contributed by atoms with E-state index in [1.54, 1.807) is 0 Å². The normalized spacial score (nSPS) is 10.5. The largest absolute Gasteiger partial charge is 0.398 e. The van der Waals surface area contributed by atoms with Crippen molar-refractivity contribution in [3.05, 3.63) is 58.7 Å². The fourth-order valence-corrected chi connectivity index (χ4v) is 2.14. The van der Waals surface area contributed by atoms with E-state index >= 15 is 0 Å². The molecule has 0 bridgehead atoms. The van der Waals surface area contributed by atoms with Gasteiger partial charge in [-0.1, -0.05) is 25.1 Å². The molecular formula is C16H16F2N2O. The van der Waals surface area contributed by atoms with Crippen molar-refractivity contribution in [3.63, 3.8) is 0 Å². The minimum absolute atomic E-state index is 0.0841. The number of aryl methyl sites for hydroxylation is 2. The van der Waals surface area contributed by atoms with Gasteiger partial charge in [0, 0.05) is 17.4 Å².